The van der Waals surface area contributed by atoms with Gasteiger partial charge in [-0.3, -0.25) is 4.90 Å². The van der Waals surface area contributed by atoms with Crippen molar-refractivity contribution in [3.63, 3.8) is 0 Å². The molecule has 1 rings (SSSR count). The summed E-state index contributed by atoms with van der Waals surface area (Å²) in [6, 6.07) is -0.0565. The highest BCUT2D eigenvalue weighted by atomic mass is 19.3. The van der Waals surface area contributed by atoms with Crippen molar-refractivity contribution < 1.29 is 13.9 Å². The quantitative estimate of drug-likeness (QED) is 0.701. The van der Waals surface area contributed by atoms with Crippen LogP contribution in [0, 0.1) is 0 Å². The van der Waals surface area contributed by atoms with Crippen LogP contribution >= 0.6 is 0 Å². The first-order chi connectivity index (χ1) is 5.61. The molecule has 0 saturated heterocycles. The third-order valence-electron chi connectivity index (χ3n) is 2.44. The summed E-state index contributed by atoms with van der Waals surface area (Å²) in [5, 5.41) is 9.39. The summed E-state index contributed by atoms with van der Waals surface area (Å²) in [4.78, 5) is 1.56. The zero-order chi connectivity index (χ0) is 9.14. The van der Waals surface area contributed by atoms with Crippen LogP contribution < -0.4 is 0 Å². The van der Waals surface area contributed by atoms with Gasteiger partial charge in [-0.1, -0.05) is 0 Å². The highest BCUT2D eigenvalue weighted by Crippen LogP contribution is 2.23. The average Bonchev–Trinajstić information content (AvgIpc) is 2.33. The number of hydrogen-bond acceptors (Lipinski definition) is 2. The van der Waals surface area contributed by atoms with E-state index in [0.717, 1.165) is 19.3 Å². The molecule has 4 heteroatoms. The van der Waals surface area contributed by atoms with Crippen molar-refractivity contribution >= 4 is 0 Å². The first kappa shape index (κ1) is 9.86. The van der Waals surface area contributed by atoms with Gasteiger partial charge in [0.25, 0.3) is 6.43 Å². The van der Waals surface area contributed by atoms with Gasteiger partial charge in [-0.2, -0.15) is 0 Å². The topological polar surface area (TPSA) is 23.5 Å². The molecule has 0 bridgehead atoms. The number of alkyl halides is 2. The summed E-state index contributed by atoms with van der Waals surface area (Å²) in [5.41, 5.74) is 0. The Bertz CT molecular complexity index is 143. The van der Waals surface area contributed by atoms with Crippen LogP contribution in [0.1, 0.15) is 19.3 Å². The fourth-order valence-electron chi connectivity index (χ4n) is 1.79. The van der Waals surface area contributed by atoms with Crippen molar-refractivity contribution in [3.05, 3.63) is 0 Å². The van der Waals surface area contributed by atoms with E-state index in [1.54, 1.807) is 11.9 Å². The Kier molecular flexibility index (Phi) is 3.40. The molecule has 1 fully saturated rings. The molecule has 0 aromatic carbocycles. The van der Waals surface area contributed by atoms with Gasteiger partial charge < -0.3 is 5.11 Å². The first-order valence-electron chi connectivity index (χ1n) is 4.27. The summed E-state index contributed by atoms with van der Waals surface area (Å²) in [5.74, 6) is 0. The van der Waals surface area contributed by atoms with E-state index in [4.69, 9.17) is 0 Å². The molecule has 1 saturated carbocycles. The molecule has 0 unspecified atom stereocenters. The van der Waals surface area contributed by atoms with Gasteiger partial charge in [-0.25, -0.2) is 8.78 Å². The second kappa shape index (κ2) is 4.14. The van der Waals surface area contributed by atoms with Crippen LogP contribution in [0.25, 0.3) is 0 Å². The molecular formula is C8H15F2NO. The molecule has 0 radical (unpaired) electrons. The van der Waals surface area contributed by atoms with Crippen LogP contribution in [-0.2, 0) is 0 Å². The lowest BCUT2D eigenvalue weighted by molar-refractivity contribution is 0.0391. The minimum atomic E-state index is -2.30. The van der Waals surface area contributed by atoms with Crippen LogP contribution in [0.5, 0.6) is 0 Å². The second-order valence-electron chi connectivity index (χ2n) is 3.40. The number of aliphatic hydroxyl groups is 1. The average molecular weight is 179 g/mol. The second-order valence-corrected chi connectivity index (χ2v) is 3.40. The van der Waals surface area contributed by atoms with Crippen molar-refractivity contribution in [2.24, 2.45) is 0 Å². The molecule has 0 aliphatic heterocycles. The number of hydrogen-bond donors (Lipinski definition) is 1. The summed E-state index contributed by atoms with van der Waals surface area (Å²) in [6.07, 6.45) is -0.182. The van der Waals surface area contributed by atoms with Gasteiger partial charge in [-0.05, 0) is 26.3 Å². The lowest BCUT2D eigenvalue weighted by atomic mass is 10.2. The molecule has 2 nitrogen and oxygen atoms in total. The lowest BCUT2D eigenvalue weighted by Gasteiger charge is -2.26. The van der Waals surface area contributed by atoms with Crippen molar-refractivity contribution in [3.8, 4) is 0 Å². The fourth-order valence-corrected chi connectivity index (χ4v) is 1.79. The molecule has 1 aliphatic rings. The molecule has 1 N–H and O–H groups in total. The fraction of sp³-hybridized carbons (Fsp3) is 1.00. The third-order valence-corrected chi connectivity index (χ3v) is 2.44. The maximum Gasteiger partial charge on any atom is 0.251 e. The summed E-state index contributed by atoms with van der Waals surface area (Å²) >= 11 is 0. The molecular weight excluding hydrogens is 164 g/mol. The lowest BCUT2D eigenvalue weighted by Crippen LogP contribution is -2.40. The van der Waals surface area contributed by atoms with Crippen LogP contribution in [0.2, 0.25) is 0 Å². The monoisotopic (exact) mass is 179 g/mol. The van der Waals surface area contributed by atoms with Gasteiger partial charge in [0.1, 0.15) is 0 Å². The SMILES string of the molecule is CN(CC(F)F)[C@@H]1CCC[C@H]1O. The number of aliphatic hydroxyl groups excluding tert-OH is 1. The van der Waals surface area contributed by atoms with Crippen LogP contribution in [-0.4, -0.2) is 42.2 Å². The van der Waals surface area contributed by atoms with E-state index in [2.05, 4.69) is 0 Å². The molecule has 1 aliphatic carbocycles. The van der Waals surface area contributed by atoms with Gasteiger partial charge in [0.05, 0.1) is 12.6 Å². The van der Waals surface area contributed by atoms with Crippen molar-refractivity contribution in [2.75, 3.05) is 13.6 Å². The molecule has 0 aromatic heterocycles. The zero-order valence-electron chi connectivity index (χ0n) is 7.21. The van der Waals surface area contributed by atoms with Crippen molar-refractivity contribution in [1.82, 2.24) is 4.90 Å². The molecule has 72 valence electrons. The first-order valence-corrected chi connectivity index (χ1v) is 4.27. The maximum absolute atomic E-state index is 11.9. The Morgan fingerprint density at radius 2 is 2.17 bits per heavy atom. The van der Waals surface area contributed by atoms with Crippen LogP contribution in [0.4, 0.5) is 8.78 Å². The minimum absolute atomic E-state index is 0.0565. The van der Waals surface area contributed by atoms with Gasteiger partial charge >= 0.3 is 0 Å². The van der Waals surface area contributed by atoms with Crippen LogP contribution in [0.15, 0.2) is 0 Å². The van der Waals surface area contributed by atoms with E-state index in [1.165, 1.54) is 0 Å². The minimum Gasteiger partial charge on any atom is -0.391 e. The Hall–Kier alpha value is -0.220. The molecule has 0 spiro atoms. The van der Waals surface area contributed by atoms with E-state index < -0.39 is 12.5 Å². The van der Waals surface area contributed by atoms with E-state index >= 15 is 0 Å². The summed E-state index contributed by atoms with van der Waals surface area (Å²) in [7, 11) is 1.64. The predicted molar refractivity (Wildman–Crippen MR) is 42.3 cm³/mol. The number of rotatable bonds is 3. The molecule has 0 aromatic rings. The van der Waals surface area contributed by atoms with Gasteiger partial charge in [0.15, 0.2) is 0 Å². The van der Waals surface area contributed by atoms with Crippen molar-refractivity contribution in [1.29, 1.82) is 0 Å². The van der Waals surface area contributed by atoms with E-state index in [0.29, 0.717) is 0 Å². The van der Waals surface area contributed by atoms with Crippen LogP contribution in [0.3, 0.4) is 0 Å². The van der Waals surface area contributed by atoms with Gasteiger partial charge in [0.2, 0.25) is 0 Å². The maximum atomic E-state index is 11.9. The highest BCUT2D eigenvalue weighted by molar-refractivity contribution is 4.83. The Morgan fingerprint density at radius 3 is 2.58 bits per heavy atom. The number of halogens is 2. The van der Waals surface area contributed by atoms with E-state index in [-0.39, 0.29) is 12.6 Å². The summed E-state index contributed by atoms with van der Waals surface area (Å²) < 4.78 is 23.9. The van der Waals surface area contributed by atoms with E-state index in [1.807, 2.05) is 0 Å². The normalized spacial score (nSPS) is 30.5. The molecule has 0 heterocycles. The number of nitrogens with zero attached hydrogens (tertiary/aromatic N) is 1. The van der Waals surface area contributed by atoms with E-state index in [9.17, 15) is 13.9 Å². The van der Waals surface area contributed by atoms with Crippen molar-refractivity contribution in [2.45, 2.75) is 37.8 Å². The van der Waals surface area contributed by atoms with Gasteiger partial charge in [-0.15, -0.1) is 0 Å². The number of likely N-dealkylation sites (N-methyl/N-ethyl adjacent to an activating group) is 1. The highest BCUT2D eigenvalue weighted by Gasteiger charge is 2.29. The molecule has 0 amide bonds. The standard InChI is InChI=1S/C8H15F2NO/c1-11(5-8(9)10)6-3-2-4-7(6)12/h6-8,12H,2-5H2,1H3/t6-,7-/m1/s1. The van der Waals surface area contributed by atoms with Gasteiger partial charge in [0, 0.05) is 6.04 Å². The predicted octanol–water partition coefficient (Wildman–Crippen LogP) is 1.10. The Balaban J connectivity index is 2.35. The third kappa shape index (κ3) is 2.38. The Morgan fingerprint density at radius 1 is 1.50 bits per heavy atom. The zero-order valence-corrected chi connectivity index (χ0v) is 7.21. The molecule has 2 atom stereocenters. The summed E-state index contributed by atoms with van der Waals surface area (Å²) in [6.45, 7) is -0.234. The largest absolute Gasteiger partial charge is 0.391 e. The Labute approximate surface area is 71.2 Å². The molecule has 12 heavy (non-hydrogen) atoms. The smallest absolute Gasteiger partial charge is 0.251 e.